The predicted octanol–water partition coefficient (Wildman–Crippen LogP) is 3.53. The van der Waals surface area contributed by atoms with Gasteiger partial charge in [0, 0.05) is 22.7 Å². The van der Waals surface area contributed by atoms with Crippen LogP contribution in [0.2, 0.25) is 10.0 Å². The lowest BCUT2D eigenvalue weighted by atomic mass is 10.0. The van der Waals surface area contributed by atoms with E-state index in [0.717, 1.165) is 0 Å². The minimum absolute atomic E-state index is 0.00480. The quantitative estimate of drug-likeness (QED) is 0.780. The first kappa shape index (κ1) is 17.0. The third kappa shape index (κ3) is 4.52. The van der Waals surface area contributed by atoms with Gasteiger partial charge in [-0.1, -0.05) is 36.2 Å². The van der Waals surface area contributed by atoms with Crippen molar-refractivity contribution in [1.29, 1.82) is 0 Å². The van der Waals surface area contributed by atoms with Gasteiger partial charge in [0.1, 0.15) is 19.0 Å². The van der Waals surface area contributed by atoms with Gasteiger partial charge >= 0.3 is 6.09 Å². The van der Waals surface area contributed by atoms with Crippen LogP contribution in [-0.2, 0) is 14.2 Å². The summed E-state index contributed by atoms with van der Waals surface area (Å²) in [5.41, 5.74) is 5.62. The number of carbonyl (C=O) groups excluding carboxylic acids is 1. The van der Waals surface area contributed by atoms with Gasteiger partial charge < -0.3 is 19.9 Å². The van der Waals surface area contributed by atoms with Crippen molar-refractivity contribution in [2.75, 3.05) is 13.9 Å². The molecule has 0 heterocycles. The molecule has 2 unspecified atom stereocenters. The van der Waals surface area contributed by atoms with Crippen molar-refractivity contribution in [3.8, 4) is 0 Å². The maximum absolute atomic E-state index is 11.0. The van der Waals surface area contributed by atoms with E-state index < -0.39 is 18.3 Å². The molecule has 1 rings (SSSR count). The van der Waals surface area contributed by atoms with E-state index >= 15 is 0 Å². The van der Waals surface area contributed by atoms with Crippen LogP contribution in [-0.4, -0.2) is 26.1 Å². The topological polar surface area (TPSA) is 70.8 Å². The van der Waals surface area contributed by atoms with E-state index in [0.29, 0.717) is 22.0 Å². The van der Waals surface area contributed by atoms with Crippen molar-refractivity contribution in [3.63, 3.8) is 0 Å². The van der Waals surface area contributed by atoms with Crippen LogP contribution in [0.3, 0.4) is 0 Å². The molecule has 5 nitrogen and oxygen atoms in total. The number of rotatable bonds is 7. The van der Waals surface area contributed by atoms with Crippen molar-refractivity contribution < 1.29 is 19.0 Å². The smallest absolute Gasteiger partial charge is 0.404 e. The summed E-state index contributed by atoms with van der Waals surface area (Å²) < 4.78 is 15.5. The zero-order valence-electron chi connectivity index (χ0n) is 11.3. The number of benzene rings is 1. The second-order valence-corrected chi connectivity index (χ2v) is 4.83. The zero-order chi connectivity index (χ0) is 15.1. The molecule has 1 amide bonds. The number of primary amides is 1. The number of nitrogens with two attached hydrogens (primary N) is 1. The molecule has 0 fully saturated rings. The molecule has 0 aliphatic carbocycles. The molecule has 1 aromatic carbocycles. The number of hydrogen-bond donors (Lipinski definition) is 1. The van der Waals surface area contributed by atoms with Crippen LogP contribution in [0.5, 0.6) is 0 Å². The van der Waals surface area contributed by atoms with Crippen LogP contribution >= 0.6 is 23.2 Å². The van der Waals surface area contributed by atoms with E-state index in [1.807, 2.05) is 6.92 Å². The van der Waals surface area contributed by atoms with Gasteiger partial charge in [-0.3, -0.25) is 0 Å². The number of halogens is 2. The Morgan fingerprint density at radius 2 is 1.95 bits per heavy atom. The normalized spacial score (nSPS) is 13.8. The van der Waals surface area contributed by atoms with Gasteiger partial charge in [-0.2, -0.15) is 0 Å². The van der Waals surface area contributed by atoms with Crippen molar-refractivity contribution in [3.05, 3.63) is 33.8 Å². The van der Waals surface area contributed by atoms with Gasteiger partial charge in [-0.15, -0.1) is 0 Å². The highest BCUT2D eigenvalue weighted by Crippen LogP contribution is 2.36. The van der Waals surface area contributed by atoms with Crippen LogP contribution in [0, 0.1) is 0 Å². The summed E-state index contributed by atoms with van der Waals surface area (Å²) in [5.74, 6) is 0. The van der Waals surface area contributed by atoms with Gasteiger partial charge in [0.15, 0.2) is 0 Å². The Bertz CT molecular complexity index is 436. The largest absolute Gasteiger partial charge is 0.443 e. The minimum Gasteiger partial charge on any atom is -0.443 e. The maximum Gasteiger partial charge on any atom is 0.404 e. The summed E-state index contributed by atoms with van der Waals surface area (Å²) >= 11 is 12.3. The molecule has 0 saturated heterocycles. The Labute approximate surface area is 127 Å². The number of ether oxygens (including phenoxy) is 3. The zero-order valence-corrected chi connectivity index (χ0v) is 12.8. The number of methoxy groups -OCH3 is 1. The molecule has 1 aromatic rings. The standard InChI is InChI=1S/C13H17Cl2NO4/c1-3-10(20-13(16)17)12(19-7-18-2)11-8(14)5-4-6-9(11)15/h4-6,10,12H,3,7H2,1-2H3,(H2,16,17). The molecule has 112 valence electrons. The van der Waals surface area contributed by atoms with Crippen molar-refractivity contribution in [2.24, 2.45) is 5.73 Å². The highest BCUT2D eigenvalue weighted by Gasteiger charge is 2.29. The predicted molar refractivity (Wildman–Crippen MR) is 76.9 cm³/mol. The minimum atomic E-state index is -0.883. The number of hydrogen-bond acceptors (Lipinski definition) is 4. The van der Waals surface area contributed by atoms with Gasteiger partial charge in [0.25, 0.3) is 0 Å². The molecule has 0 aliphatic rings. The molecule has 0 aromatic heterocycles. The van der Waals surface area contributed by atoms with Crippen molar-refractivity contribution in [2.45, 2.75) is 25.6 Å². The molecular weight excluding hydrogens is 305 g/mol. The summed E-state index contributed by atoms with van der Waals surface area (Å²) in [6, 6.07) is 5.09. The molecule has 0 saturated carbocycles. The van der Waals surface area contributed by atoms with Crippen molar-refractivity contribution >= 4 is 29.3 Å². The lowest BCUT2D eigenvalue weighted by Gasteiger charge is -2.27. The SMILES string of the molecule is CCC(OC(N)=O)C(OCOC)c1c(Cl)cccc1Cl. The first-order valence-corrected chi connectivity index (χ1v) is 6.77. The third-order valence-corrected chi connectivity index (χ3v) is 3.32. The van der Waals surface area contributed by atoms with Gasteiger partial charge in [-0.05, 0) is 18.6 Å². The van der Waals surface area contributed by atoms with E-state index in [9.17, 15) is 4.79 Å². The average Bonchev–Trinajstić information content (AvgIpc) is 2.39. The van der Waals surface area contributed by atoms with E-state index in [1.165, 1.54) is 7.11 Å². The van der Waals surface area contributed by atoms with Crippen molar-refractivity contribution in [1.82, 2.24) is 0 Å². The lowest BCUT2D eigenvalue weighted by molar-refractivity contribution is -0.115. The van der Waals surface area contributed by atoms with E-state index in [-0.39, 0.29) is 6.79 Å². The summed E-state index contributed by atoms with van der Waals surface area (Å²) in [4.78, 5) is 11.0. The van der Waals surface area contributed by atoms with Gasteiger partial charge in [-0.25, -0.2) is 4.79 Å². The highest BCUT2D eigenvalue weighted by atomic mass is 35.5. The van der Waals surface area contributed by atoms with Crippen LogP contribution < -0.4 is 5.73 Å². The second kappa shape index (κ2) is 8.32. The Hall–Kier alpha value is -1.01. The van der Waals surface area contributed by atoms with E-state index in [4.69, 9.17) is 43.1 Å². The monoisotopic (exact) mass is 321 g/mol. The third-order valence-electron chi connectivity index (χ3n) is 2.66. The summed E-state index contributed by atoms with van der Waals surface area (Å²) in [6.45, 7) is 1.84. The van der Waals surface area contributed by atoms with Gasteiger partial charge in [0.2, 0.25) is 0 Å². The van der Waals surface area contributed by atoms with Crippen LogP contribution in [0.4, 0.5) is 4.79 Å². The van der Waals surface area contributed by atoms with E-state index in [1.54, 1.807) is 18.2 Å². The highest BCUT2D eigenvalue weighted by molar-refractivity contribution is 6.36. The fraction of sp³-hybridized carbons (Fsp3) is 0.462. The lowest BCUT2D eigenvalue weighted by Crippen LogP contribution is -2.30. The second-order valence-electron chi connectivity index (χ2n) is 4.01. The Morgan fingerprint density at radius 3 is 2.40 bits per heavy atom. The maximum atomic E-state index is 11.0. The van der Waals surface area contributed by atoms with Crippen LogP contribution in [0.15, 0.2) is 18.2 Å². The Morgan fingerprint density at radius 1 is 1.35 bits per heavy atom. The average molecular weight is 322 g/mol. The van der Waals surface area contributed by atoms with Crippen LogP contribution in [0.25, 0.3) is 0 Å². The fourth-order valence-corrected chi connectivity index (χ4v) is 2.42. The summed E-state index contributed by atoms with van der Waals surface area (Å²) in [7, 11) is 1.49. The molecule has 7 heteroatoms. The molecule has 0 bridgehead atoms. The molecule has 2 atom stereocenters. The molecule has 0 radical (unpaired) electrons. The number of amides is 1. The first-order chi connectivity index (χ1) is 9.51. The molecular formula is C13H17Cl2NO4. The molecule has 20 heavy (non-hydrogen) atoms. The summed E-state index contributed by atoms with van der Waals surface area (Å²) in [6.07, 6.45) is -1.67. The Kier molecular flexibility index (Phi) is 7.09. The molecule has 0 aliphatic heterocycles. The summed E-state index contributed by atoms with van der Waals surface area (Å²) in [5, 5.41) is 0.843. The molecule has 2 N–H and O–H groups in total. The van der Waals surface area contributed by atoms with E-state index in [2.05, 4.69) is 0 Å². The Balaban J connectivity index is 3.12. The number of carbonyl (C=O) groups is 1. The van der Waals surface area contributed by atoms with Crippen LogP contribution in [0.1, 0.15) is 25.0 Å². The van der Waals surface area contributed by atoms with Gasteiger partial charge in [0.05, 0.1) is 0 Å². The fourth-order valence-electron chi connectivity index (χ4n) is 1.81. The first-order valence-electron chi connectivity index (χ1n) is 6.01. The molecule has 0 spiro atoms.